The van der Waals surface area contributed by atoms with Crippen molar-refractivity contribution in [1.82, 2.24) is 15.1 Å². The predicted octanol–water partition coefficient (Wildman–Crippen LogP) is 2.50. The van der Waals surface area contributed by atoms with E-state index < -0.39 is 0 Å². The monoisotopic (exact) mass is 464 g/mol. The largest absolute Gasteiger partial charge is 0.373 e. The van der Waals surface area contributed by atoms with Crippen molar-refractivity contribution in [2.45, 2.75) is 25.4 Å². The van der Waals surface area contributed by atoms with Crippen molar-refractivity contribution in [3.8, 4) is 0 Å². The molecule has 2 aromatic carbocycles. The Morgan fingerprint density at radius 3 is 2.47 bits per heavy atom. The highest BCUT2D eigenvalue weighted by molar-refractivity contribution is 5.94. The fourth-order valence-electron chi connectivity index (χ4n) is 4.82. The van der Waals surface area contributed by atoms with Crippen molar-refractivity contribution in [3.05, 3.63) is 64.7 Å². The first kappa shape index (κ1) is 24.2. The number of fused-ring (bicyclic) bond motifs is 1. The van der Waals surface area contributed by atoms with Crippen LogP contribution >= 0.6 is 0 Å². The number of nitrogens with zero attached hydrogens (tertiary/aromatic N) is 3. The summed E-state index contributed by atoms with van der Waals surface area (Å²) in [4.78, 5) is 30.3. The van der Waals surface area contributed by atoms with Gasteiger partial charge in [0.1, 0.15) is 0 Å². The molecule has 0 spiro atoms. The number of nitrogens with one attached hydrogen (secondary N) is 1. The van der Waals surface area contributed by atoms with Crippen molar-refractivity contribution in [2.75, 3.05) is 65.4 Å². The Labute approximate surface area is 202 Å². The lowest BCUT2D eigenvalue weighted by Crippen LogP contribution is -2.47. The van der Waals surface area contributed by atoms with E-state index in [9.17, 15) is 9.59 Å². The Hall–Kier alpha value is -2.90. The summed E-state index contributed by atoms with van der Waals surface area (Å²) in [5.74, 6) is 0.0752. The van der Waals surface area contributed by atoms with Gasteiger partial charge in [0, 0.05) is 65.1 Å². The third-order valence-corrected chi connectivity index (χ3v) is 6.85. The molecular formula is C27H36N4O3. The molecule has 182 valence electrons. The van der Waals surface area contributed by atoms with Gasteiger partial charge in [-0.3, -0.25) is 14.5 Å². The number of hydrogen-bond acceptors (Lipinski definition) is 5. The van der Waals surface area contributed by atoms with E-state index >= 15 is 0 Å². The Bertz CT molecular complexity index is 997. The van der Waals surface area contributed by atoms with Crippen molar-refractivity contribution >= 4 is 17.5 Å². The predicted molar refractivity (Wildman–Crippen MR) is 134 cm³/mol. The van der Waals surface area contributed by atoms with Crippen LogP contribution in [0.1, 0.15) is 39.6 Å². The number of rotatable bonds is 7. The summed E-state index contributed by atoms with van der Waals surface area (Å²) in [6.07, 6.45) is 2.43. The van der Waals surface area contributed by atoms with Crippen LogP contribution in [0.2, 0.25) is 0 Å². The van der Waals surface area contributed by atoms with Gasteiger partial charge in [-0.1, -0.05) is 18.2 Å². The third-order valence-electron chi connectivity index (χ3n) is 6.85. The molecule has 0 unspecified atom stereocenters. The molecule has 7 heteroatoms. The molecular weight excluding hydrogens is 428 g/mol. The van der Waals surface area contributed by atoms with Crippen LogP contribution in [0.3, 0.4) is 0 Å². The molecule has 1 fully saturated rings. The summed E-state index contributed by atoms with van der Waals surface area (Å²) < 4.78 is 6.13. The minimum absolute atomic E-state index is 0.0329. The van der Waals surface area contributed by atoms with Crippen LogP contribution in [0, 0.1) is 0 Å². The number of amides is 2. The summed E-state index contributed by atoms with van der Waals surface area (Å²) in [6, 6.07) is 14.3. The zero-order valence-electron chi connectivity index (χ0n) is 20.5. The van der Waals surface area contributed by atoms with Gasteiger partial charge in [0.25, 0.3) is 5.91 Å². The fraction of sp³-hybridized carbons (Fsp3) is 0.481. The fourth-order valence-corrected chi connectivity index (χ4v) is 4.82. The van der Waals surface area contributed by atoms with Gasteiger partial charge >= 0.3 is 0 Å². The van der Waals surface area contributed by atoms with Gasteiger partial charge in [-0.25, -0.2) is 0 Å². The maximum atomic E-state index is 12.1. The number of piperazine rings is 1. The summed E-state index contributed by atoms with van der Waals surface area (Å²) in [5, 5.41) is 2.70. The summed E-state index contributed by atoms with van der Waals surface area (Å²) in [6.45, 7) is 5.74. The van der Waals surface area contributed by atoms with E-state index in [0.717, 1.165) is 63.3 Å². The molecule has 1 atom stereocenters. The normalized spacial score (nSPS) is 18.3. The van der Waals surface area contributed by atoms with Crippen LogP contribution in [-0.4, -0.2) is 82.1 Å². The summed E-state index contributed by atoms with van der Waals surface area (Å²) >= 11 is 0. The zero-order chi connectivity index (χ0) is 24.1. The van der Waals surface area contributed by atoms with Crippen molar-refractivity contribution < 1.29 is 14.3 Å². The molecule has 0 bridgehead atoms. The van der Waals surface area contributed by atoms with Gasteiger partial charge < -0.3 is 19.9 Å². The van der Waals surface area contributed by atoms with Crippen LogP contribution in [0.15, 0.2) is 42.5 Å². The van der Waals surface area contributed by atoms with Gasteiger partial charge in [0.05, 0.1) is 19.1 Å². The molecule has 0 saturated carbocycles. The van der Waals surface area contributed by atoms with E-state index in [4.69, 9.17) is 4.74 Å². The van der Waals surface area contributed by atoms with Crippen LogP contribution in [0.4, 0.5) is 5.69 Å². The van der Waals surface area contributed by atoms with Crippen LogP contribution in [0.5, 0.6) is 0 Å². The van der Waals surface area contributed by atoms with E-state index in [-0.39, 0.29) is 17.9 Å². The smallest absolute Gasteiger partial charge is 0.253 e. The molecule has 2 aromatic rings. The maximum Gasteiger partial charge on any atom is 0.253 e. The Balaban J connectivity index is 1.28. The second kappa shape index (κ2) is 11.0. The lowest BCUT2D eigenvalue weighted by Gasteiger charge is -2.37. The molecule has 1 N–H and O–H groups in total. The first-order valence-corrected chi connectivity index (χ1v) is 12.2. The highest BCUT2D eigenvalue weighted by Crippen LogP contribution is 2.31. The van der Waals surface area contributed by atoms with E-state index in [1.807, 2.05) is 12.1 Å². The first-order chi connectivity index (χ1) is 16.4. The Kier molecular flexibility index (Phi) is 7.85. The number of carbonyl (C=O) groups is 2. The summed E-state index contributed by atoms with van der Waals surface area (Å²) in [7, 11) is 5.23. The molecule has 2 aliphatic heterocycles. The number of anilines is 1. The molecule has 4 rings (SSSR count). The van der Waals surface area contributed by atoms with Crippen LogP contribution in [0.25, 0.3) is 0 Å². The van der Waals surface area contributed by atoms with Gasteiger partial charge in [0.15, 0.2) is 0 Å². The van der Waals surface area contributed by atoms with Gasteiger partial charge in [-0.15, -0.1) is 0 Å². The number of likely N-dealkylation sites (N-methyl/N-ethyl adjacent to an activating group) is 1. The van der Waals surface area contributed by atoms with Crippen molar-refractivity contribution in [2.24, 2.45) is 0 Å². The lowest BCUT2D eigenvalue weighted by atomic mass is 9.93. The average molecular weight is 465 g/mol. The number of ether oxygens (including phenoxy) is 1. The van der Waals surface area contributed by atoms with E-state index in [1.165, 1.54) is 16.8 Å². The standard InChI is InChI=1S/C27H36N4O3/c1-28-26(32)19-20-4-9-24-22(18-20)11-17-34-25(24)10-12-30-13-15-31(16-14-30)23-7-5-21(6-8-23)27(33)29(2)3/h4-9,18,25H,10-17,19H2,1-3H3,(H,28,32)/t25-/m0/s1. The molecule has 0 aromatic heterocycles. The highest BCUT2D eigenvalue weighted by Gasteiger charge is 2.24. The van der Waals surface area contributed by atoms with E-state index in [1.54, 1.807) is 26.0 Å². The quantitative estimate of drug-likeness (QED) is 0.682. The minimum atomic E-state index is 0.0329. The van der Waals surface area contributed by atoms with E-state index in [2.05, 4.69) is 45.4 Å². The molecule has 7 nitrogen and oxygen atoms in total. The minimum Gasteiger partial charge on any atom is -0.373 e. The number of benzene rings is 2. The first-order valence-electron chi connectivity index (χ1n) is 12.2. The molecule has 1 saturated heterocycles. The molecule has 34 heavy (non-hydrogen) atoms. The average Bonchev–Trinajstić information content (AvgIpc) is 2.87. The van der Waals surface area contributed by atoms with Crippen molar-refractivity contribution in [1.29, 1.82) is 0 Å². The molecule has 0 radical (unpaired) electrons. The second-order valence-electron chi connectivity index (χ2n) is 9.36. The molecule has 2 amide bonds. The van der Waals surface area contributed by atoms with E-state index in [0.29, 0.717) is 6.42 Å². The zero-order valence-corrected chi connectivity index (χ0v) is 20.5. The number of carbonyl (C=O) groups excluding carboxylic acids is 2. The highest BCUT2D eigenvalue weighted by atomic mass is 16.5. The van der Waals surface area contributed by atoms with Crippen molar-refractivity contribution in [3.63, 3.8) is 0 Å². The SMILES string of the molecule is CNC(=O)Cc1ccc2c(c1)CCO[C@H]2CCN1CCN(c2ccc(C(=O)N(C)C)cc2)CC1. The number of hydrogen-bond donors (Lipinski definition) is 1. The Morgan fingerprint density at radius 2 is 1.79 bits per heavy atom. The molecule has 0 aliphatic carbocycles. The maximum absolute atomic E-state index is 12.1. The lowest BCUT2D eigenvalue weighted by molar-refractivity contribution is -0.119. The Morgan fingerprint density at radius 1 is 1.06 bits per heavy atom. The van der Waals surface area contributed by atoms with Gasteiger partial charge in [-0.2, -0.15) is 0 Å². The topological polar surface area (TPSA) is 65.1 Å². The van der Waals surface area contributed by atoms with Gasteiger partial charge in [-0.05, 0) is 53.8 Å². The molecule has 2 aliphatic rings. The summed E-state index contributed by atoms with van der Waals surface area (Å²) in [5.41, 5.74) is 5.55. The van der Waals surface area contributed by atoms with Gasteiger partial charge in [0.2, 0.25) is 5.91 Å². The van der Waals surface area contributed by atoms with Crippen LogP contribution in [-0.2, 0) is 22.4 Å². The van der Waals surface area contributed by atoms with Crippen LogP contribution < -0.4 is 10.2 Å². The second-order valence-corrected chi connectivity index (χ2v) is 9.36. The molecule has 2 heterocycles. The third kappa shape index (κ3) is 5.77.